The van der Waals surface area contributed by atoms with Crippen molar-refractivity contribution in [3.63, 3.8) is 0 Å². The first kappa shape index (κ1) is 16.1. The second-order valence-electron chi connectivity index (χ2n) is 4.69. The molecule has 1 aromatic heterocycles. The maximum absolute atomic E-state index is 3.67. The minimum atomic E-state index is 0.399. The van der Waals surface area contributed by atoms with Crippen LogP contribution in [0.25, 0.3) is 0 Å². The van der Waals surface area contributed by atoms with Gasteiger partial charge in [0.05, 0.1) is 3.79 Å². The average Bonchev–Trinajstić information content (AvgIpc) is 2.89. The highest BCUT2D eigenvalue weighted by Gasteiger charge is 2.12. The van der Waals surface area contributed by atoms with Gasteiger partial charge in [0.15, 0.2) is 0 Å². The minimum Gasteiger partial charge on any atom is -0.310 e. The Kier molecular flexibility index (Phi) is 6.62. The van der Waals surface area contributed by atoms with Crippen LogP contribution in [0.4, 0.5) is 0 Å². The predicted molar refractivity (Wildman–Crippen MR) is 95.0 cm³/mol. The average molecular weight is 370 g/mol. The number of rotatable bonds is 7. The largest absolute Gasteiger partial charge is 0.310 e. The lowest BCUT2D eigenvalue weighted by Crippen LogP contribution is -2.23. The number of hydrogen-bond acceptors (Lipinski definition) is 3. The molecule has 0 fully saturated rings. The van der Waals surface area contributed by atoms with Gasteiger partial charge < -0.3 is 5.32 Å². The molecule has 2 rings (SSSR count). The number of thiophene rings is 1. The van der Waals surface area contributed by atoms with Crippen LogP contribution in [0, 0.1) is 0 Å². The molecule has 1 aromatic carbocycles. The van der Waals surface area contributed by atoms with E-state index >= 15 is 0 Å². The van der Waals surface area contributed by atoms with Crippen LogP contribution in [-0.2, 0) is 6.42 Å². The molecule has 108 valence electrons. The Morgan fingerprint density at radius 3 is 2.50 bits per heavy atom. The van der Waals surface area contributed by atoms with Gasteiger partial charge in [0.1, 0.15) is 0 Å². The Labute approximate surface area is 138 Å². The summed E-state index contributed by atoms with van der Waals surface area (Å²) in [6.45, 7) is 3.27. The molecule has 0 aliphatic rings. The minimum absolute atomic E-state index is 0.399. The zero-order chi connectivity index (χ0) is 14.4. The fraction of sp³-hybridized carbons (Fsp3) is 0.375. The van der Waals surface area contributed by atoms with Crippen LogP contribution in [0.1, 0.15) is 29.8 Å². The summed E-state index contributed by atoms with van der Waals surface area (Å²) in [5, 5.41) is 3.67. The number of nitrogens with one attached hydrogen (secondary N) is 1. The summed E-state index contributed by atoms with van der Waals surface area (Å²) in [5.41, 5.74) is 1.38. The van der Waals surface area contributed by atoms with E-state index < -0.39 is 0 Å². The van der Waals surface area contributed by atoms with E-state index in [2.05, 4.69) is 70.8 Å². The van der Waals surface area contributed by atoms with E-state index in [0.29, 0.717) is 6.04 Å². The molecule has 0 amide bonds. The Balaban J connectivity index is 2.12. The third-order valence-corrected chi connectivity index (χ3v) is 5.58. The van der Waals surface area contributed by atoms with Crippen molar-refractivity contribution in [1.82, 2.24) is 5.32 Å². The molecule has 1 nitrogen and oxygen atoms in total. The van der Waals surface area contributed by atoms with Crippen LogP contribution in [0.5, 0.6) is 0 Å². The van der Waals surface area contributed by atoms with Gasteiger partial charge in [0, 0.05) is 22.2 Å². The Morgan fingerprint density at radius 1 is 1.20 bits per heavy atom. The number of halogens is 1. The number of thioether (sulfide) groups is 1. The topological polar surface area (TPSA) is 12.0 Å². The van der Waals surface area contributed by atoms with E-state index in [-0.39, 0.29) is 0 Å². The summed E-state index contributed by atoms with van der Waals surface area (Å²) >= 11 is 7.16. The van der Waals surface area contributed by atoms with Gasteiger partial charge in [-0.05, 0) is 65.0 Å². The number of hydrogen-bond donors (Lipinski definition) is 1. The van der Waals surface area contributed by atoms with Crippen LogP contribution >= 0.6 is 39.0 Å². The van der Waals surface area contributed by atoms with Crippen LogP contribution in [-0.4, -0.2) is 12.8 Å². The summed E-state index contributed by atoms with van der Waals surface area (Å²) in [6.07, 6.45) is 4.33. The second-order valence-corrected chi connectivity index (χ2v) is 8.12. The van der Waals surface area contributed by atoms with E-state index in [1.165, 1.54) is 19.1 Å². The highest BCUT2D eigenvalue weighted by Crippen LogP contribution is 2.28. The lowest BCUT2D eigenvalue weighted by Gasteiger charge is -2.18. The van der Waals surface area contributed by atoms with Gasteiger partial charge in [-0.1, -0.05) is 19.1 Å². The van der Waals surface area contributed by atoms with Crippen molar-refractivity contribution in [2.24, 2.45) is 0 Å². The van der Waals surface area contributed by atoms with E-state index in [0.717, 1.165) is 19.4 Å². The van der Waals surface area contributed by atoms with Crippen molar-refractivity contribution in [2.75, 3.05) is 12.8 Å². The molecule has 2 aromatic rings. The van der Waals surface area contributed by atoms with Gasteiger partial charge in [-0.3, -0.25) is 0 Å². The molecular weight excluding hydrogens is 350 g/mol. The van der Waals surface area contributed by atoms with Gasteiger partial charge >= 0.3 is 0 Å². The molecule has 20 heavy (non-hydrogen) atoms. The van der Waals surface area contributed by atoms with Gasteiger partial charge in [0.2, 0.25) is 0 Å². The van der Waals surface area contributed by atoms with Gasteiger partial charge in [-0.25, -0.2) is 0 Å². The maximum atomic E-state index is 3.67. The molecule has 0 aliphatic heterocycles. The molecule has 0 saturated carbocycles. The molecule has 1 atom stereocenters. The van der Waals surface area contributed by atoms with E-state index in [9.17, 15) is 0 Å². The molecule has 0 radical (unpaired) electrons. The zero-order valence-corrected chi connectivity index (χ0v) is 15.1. The SMILES string of the molecule is CCCNC(Cc1ccc(Br)s1)c1ccc(SC)cc1. The molecule has 0 bridgehead atoms. The summed E-state index contributed by atoms with van der Waals surface area (Å²) in [7, 11) is 0. The van der Waals surface area contributed by atoms with Crippen molar-refractivity contribution < 1.29 is 0 Å². The lowest BCUT2D eigenvalue weighted by atomic mass is 10.0. The van der Waals surface area contributed by atoms with Crippen LogP contribution < -0.4 is 5.32 Å². The van der Waals surface area contributed by atoms with Crippen molar-refractivity contribution in [2.45, 2.75) is 30.7 Å². The fourth-order valence-corrected chi connectivity index (χ4v) is 4.06. The lowest BCUT2D eigenvalue weighted by molar-refractivity contribution is 0.532. The normalized spacial score (nSPS) is 12.6. The molecule has 0 saturated heterocycles. The third kappa shape index (κ3) is 4.62. The van der Waals surface area contributed by atoms with Gasteiger partial charge in [0.25, 0.3) is 0 Å². The van der Waals surface area contributed by atoms with Gasteiger partial charge in [-0.15, -0.1) is 23.1 Å². The molecule has 1 N–H and O–H groups in total. The Morgan fingerprint density at radius 2 is 1.95 bits per heavy atom. The highest BCUT2D eigenvalue weighted by atomic mass is 79.9. The van der Waals surface area contributed by atoms with E-state index in [1.54, 1.807) is 11.8 Å². The standard InChI is InChI=1S/C16H20BrNS2/c1-3-10-18-15(11-14-8-9-16(17)20-14)12-4-6-13(19-2)7-5-12/h4-9,15,18H,3,10-11H2,1-2H3. The van der Waals surface area contributed by atoms with Crippen molar-refractivity contribution >= 4 is 39.0 Å². The second kappa shape index (κ2) is 8.23. The number of benzene rings is 1. The monoisotopic (exact) mass is 369 g/mol. The third-order valence-electron chi connectivity index (χ3n) is 3.19. The van der Waals surface area contributed by atoms with Gasteiger partial charge in [-0.2, -0.15) is 0 Å². The molecule has 1 heterocycles. The van der Waals surface area contributed by atoms with E-state index in [1.807, 2.05) is 11.3 Å². The molecular formula is C16H20BrNS2. The fourth-order valence-electron chi connectivity index (χ4n) is 2.13. The van der Waals surface area contributed by atoms with Crippen molar-refractivity contribution in [3.8, 4) is 0 Å². The smallest absolute Gasteiger partial charge is 0.0701 e. The molecule has 0 spiro atoms. The van der Waals surface area contributed by atoms with Crippen molar-refractivity contribution in [3.05, 3.63) is 50.6 Å². The Hall–Kier alpha value is -0.290. The van der Waals surface area contributed by atoms with Crippen LogP contribution in [0.15, 0.2) is 45.1 Å². The van der Waals surface area contributed by atoms with Crippen LogP contribution in [0.2, 0.25) is 0 Å². The maximum Gasteiger partial charge on any atom is 0.0701 e. The quantitative estimate of drug-likeness (QED) is 0.645. The zero-order valence-electron chi connectivity index (χ0n) is 11.9. The first-order valence-electron chi connectivity index (χ1n) is 6.84. The molecule has 4 heteroatoms. The molecule has 1 unspecified atom stereocenters. The first-order chi connectivity index (χ1) is 9.72. The highest BCUT2D eigenvalue weighted by molar-refractivity contribution is 9.11. The van der Waals surface area contributed by atoms with Crippen LogP contribution in [0.3, 0.4) is 0 Å². The Bertz CT molecular complexity index is 522. The van der Waals surface area contributed by atoms with Crippen molar-refractivity contribution in [1.29, 1.82) is 0 Å². The predicted octanol–water partition coefficient (Wildman–Crippen LogP) is 5.52. The summed E-state index contributed by atoms with van der Waals surface area (Å²) < 4.78 is 1.21. The van der Waals surface area contributed by atoms with E-state index in [4.69, 9.17) is 0 Å². The molecule has 0 aliphatic carbocycles. The summed E-state index contributed by atoms with van der Waals surface area (Å²) in [4.78, 5) is 2.74. The summed E-state index contributed by atoms with van der Waals surface area (Å²) in [5.74, 6) is 0. The first-order valence-corrected chi connectivity index (χ1v) is 9.68. The summed E-state index contributed by atoms with van der Waals surface area (Å²) in [6, 6.07) is 13.7.